The van der Waals surface area contributed by atoms with Gasteiger partial charge in [-0.05, 0) is 43.5 Å². The summed E-state index contributed by atoms with van der Waals surface area (Å²) in [6, 6.07) is 7.32. The topological polar surface area (TPSA) is 97.5 Å². The number of aromatic nitrogens is 1. The quantitative estimate of drug-likeness (QED) is 0.629. The highest BCUT2D eigenvalue weighted by atomic mass is 79.9. The van der Waals surface area contributed by atoms with Crippen molar-refractivity contribution in [1.29, 1.82) is 0 Å². The maximum Gasteiger partial charge on any atom is 0.355 e. The number of methoxy groups -OCH3 is 1. The number of carbonyl (C=O) groups excluding carboxylic acids is 3. The molecule has 8 heteroatoms. The van der Waals surface area contributed by atoms with Crippen molar-refractivity contribution < 1.29 is 23.9 Å². The summed E-state index contributed by atoms with van der Waals surface area (Å²) in [7, 11) is 1.28. The average molecular weight is 451 g/mol. The predicted molar refractivity (Wildman–Crippen MR) is 107 cm³/mol. The Labute approximate surface area is 171 Å². The SMILES string of the molecule is CCc1[nH]c(C(=O)OCC(=O)NC(C)c2ccc(Br)cc2)c(C)c1C(=O)OC. The molecule has 1 aromatic heterocycles. The Morgan fingerprint density at radius 1 is 1.18 bits per heavy atom. The van der Waals surface area contributed by atoms with Gasteiger partial charge in [0.05, 0.1) is 18.7 Å². The number of benzene rings is 1. The van der Waals surface area contributed by atoms with E-state index in [0.717, 1.165) is 10.0 Å². The van der Waals surface area contributed by atoms with Crippen LogP contribution in [-0.4, -0.2) is 36.5 Å². The van der Waals surface area contributed by atoms with Gasteiger partial charge < -0.3 is 19.8 Å². The molecule has 1 aromatic carbocycles. The Morgan fingerprint density at radius 2 is 1.82 bits per heavy atom. The van der Waals surface area contributed by atoms with E-state index in [1.807, 2.05) is 38.1 Å². The Balaban J connectivity index is 2.00. The van der Waals surface area contributed by atoms with Crippen LogP contribution in [0.5, 0.6) is 0 Å². The van der Waals surface area contributed by atoms with Gasteiger partial charge in [-0.15, -0.1) is 0 Å². The first-order valence-corrected chi connectivity index (χ1v) is 9.59. The summed E-state index contributed by atoms with van der Waals surface area (Å²) >= 11 is 3.36. The van der Waals surface area contributed by atoms with Gasteiger partial charge in [0.25, 0.3) is 5.91 Å². The van der Waals surface area contributed by atoms with E-state index in [2.05, 4.69) is 26.2 Å². The molecule has 0 aliphatic rings. The van der Waals surface area contributed by atoms with Crippen LogP contribution in [0.3, 0.4) is 0 Å². The number of halogens is 1. The molecule has 0 saturated heterocycles. The Bertz CT molecular complexity index is 873. The Morgan fingerprint density at radius 3 is 2.39 bits per heavy atom. The van der Waals surface area contributed by atoms with Crippen molar-refractivity contribution in [2.45, 2.75) is 33.2 Å². The van der Waals surface area contributed by atoms with Gasteiger partial charge in [-0.3, -0.25) is 4.79 Å². The second-order valence-electron chi connectivity index (χ2n) is 6.24. The Hall–Kier alpha value is -2.61. The van der Waals surface area contributed by atoms with Crippen LogP contribution in [0.25, 0.3) is 0 Å². The number of rotatable bonds is 7. The summed E-state index contributed by atoms with van der Waals surface area (Å²) in [5.74, 6) is -1.64. The third kappa shape index (κ3) is 5.01. The van der Waals surface area contributed by atoms with Crippen molar-refractivity contribution in [3.8, 4) is 0 Å². The van der Waals surface area contributed by atoms with Crippen molar-refractivity contribution in [2.24, 2.45) is 0 Å². The van der Waals surface area contributed by atoms with E-state index >= 15 is 0 Å². The number of esters is 2. The fourth-order valence-electron chi connectivity index (χ4n) is 2.83. The number of hydrogen-bond acceptors (Lipinski definition) is 5. The summed E-state index contributed by atoms with van der Waals surface area (Å²) in [6.45, 7) is 4.90. The molecule has 0 saturated carbocycles. The van der Waals surface area contributed by atoms with Crippen LogP contribution >= 0.6 is 15.9 Å². The molecule has 0 aliphatic carbocycles. The standard InChI is InChI=1S/C20H23BrN2O5/c1-5-15-17(19(25)27-4)11(2)18(23-15)20(26)28-10-16(24)22-12(3)13-6-8-14(21)9-7-13/h6-9,12,23H,5,10H2,1-4H3,(H,22,24). The lowest BCUT2D eigenvalue weighted by Crippen LogP contribution is -2.31. The summed E-state index contributed by atoms with van der Waals surface area (Å²) < 4.78 is 10.8. The van der Waals surface area contributed by atoms with Crippen LogP contribution in [0.2, 0.25) is 0 Å². The number of carbonyl (C=O) groups is 3. The van der Waals surface area contributed by atoms with Crippen molar-refractivity contribution in [1.82, 2.24) is 10.3 Å². The number of amides is 1. The summed E-state index contributed by atoms with van der Waals surface area (Å²) in [5.41, 5.74) is 2.43. The van der Waals surface area contributed by atoms with Crippen LogP contribution in [0, 0.1) is 6.92 Å². The van der Waals surface area contributed by atoms with Gasteiger partial charge in [0.1, 0.15) is 5.69 Å². The number of H-pyrrole nitrogens is 1. The smallest absolute Gasteiger partial charge is 0.355 e. The van der Waals surface area contributed by atoms with Crippen molar-refractivity contribution in [3.63, 3.8) is 0 Å². The minimum absolute atomic E-state index is 0.144. The maximum atomic E-state index is 12.4. The molecule has 1 unspecified atom stereocenters. The fourth-order valence-corrected chi connectivity index (χ4v) is 3.09. The third-order valence-electron chi connectivity index (χ3n) is 4.36. The molecular weight excluding hydrogens is 428 g/mol. The largest absolute Gasteiger partial charge is 0.465 e. The average Bonchev–Trinajstić information content (AvgIpc) is 3.02. The second-order valence-corrected chi connectivity index (χ2v) is 7.16. The first-order chi connectivity index (χ1) is 13.3. The second kappa shape index (κ2) is 9.54. The zero-order valence-electron chi connectivity index (χ0n) is 16.2. The van der Waals surface area contributed by atoms with E-state index in [-0.39, 0.29) is 11.7 Å². The van der Waals surface area contributed by atoms with Gasteiger partial charge in [-0.2, -0.15) is 0 Å². The van der Waals surface area contributed by atoms with Crippen LogP contribution in [0.1, 0.15) is 57.6 Å². The predicted octanol–water partition coefficient (Wildman–Crippen LogP) is 3.47. The van der Waals surface area contributed by atoms with Crippen LogP contribution in [-0.2, 0) is 20.7 Å². The molecule has 0 spiro atoms. The van der Waals surface area contributed by atoms with E-state index in [1.165, 1.54) is 7.11 Å². The van der Waals surface area contributed by atoms with Gasteiger partial charge in [0.2, 0.25) is 0 Å². The van der Waals surface area contributed by atoms with Gasteiger partial charge >= 0.3 is 11.9 Å². The van der Waals surface area contributed by atoms with Crippen molar-refractivity contribution in [3.05, 3.63) is 56.8 Å². The van der Waals surface area contributed by atoms with E-state index in [0.29, 0.717) is 23.2 Å². The molecule has 1 heterocycles. The number of aryl methyl sites for hydroxylation is 1. The molecular formula is C20H23BrN2O5. The molecule has 0 radical (unpaired) electrons. The van der Waals surface area contributed by atoms with Gasteiger partial charge in [-0.1, -0.05) is 35.0 Å². The van der Waals surface area contributed by atoms with Gasteiger partial charge in [0, 0.05) is 10.2 Å². The van der Waals surface area contributed by atoms with E-state index < -0.39 is 24.5 Å². The number of nitrogens with one attached hydrogen (secondary N) is 2. The normalized spacial score (nSPS) is 11.6. The monoisotopic (exact) mass is 450 g/mol. The number of hydrogen-bond donors (Lipinski definition) is 2. The van der Waals surface area contributed by atoms with Gasteiger partial charge in [0.15, 0.2) is 6.61 Å². The molecule has 0 bridgehead atoms. The molecule has 2 aromatic rings. The molecule has 1 atom stereocenters. The highest BCUT2D eigenvalue weighted by Crippen LogP contribution is 2.21. The molecule has 2 rings (SSSR count). The number of aromatic amines is 1. The lowest BCUT2D eigenvalue weighted by molar-refractivity contribution is -0.124. The lowest BCUT2D eigenvalue weighted by Gasteiger charge is -2.14. The third-order valence-corrected chi connectivity index (χ3v) is 4.89. The summed E-state index contributed by atoms with van der Waals surface area (Å²) in [6.07, 6.45) is 0.518. The molecule has 150 valence electrons. The minimum Gasteiger partial charge on any atom is -0.465 e. The Kier molecular flexibility index (Phi) is 7.39. The van der Waals surface area contributed by atoms with Crippen LogP contribution in [0.4, 0.5) is 0 Å². The first-order valence-electron chi connectivity index (χ1n) is 8.80. The first kappa shape index (κ1) is 21.7. The molecule has 7 nitrogen and oxygen atoms in total. The van der Waals surface area contributed by atoms with E-state index in [4.69, 9.17) is 9.47 Å². The molecule has 0 fully saturated rings. The molecule has 2 N–H and O–H groups in total. The summed E-state index contributed by atoms with van der Waals surface area (Å²) in [5, 5.41) is 2.78. The summed E-state index contributed by atoms with van der Waals surface area (Å²) in [4.78, 5) is 39.3. The lowest BCUT2D eigenvalue weighted by atomic mass is 10.1. The zero-order valence-corrected chi connectivity index (χ0v) is 17.8. The van der Waals surface area contributed by atoms with Crippen LogP contribution < -0.4 is 5.32 Å². The minimum atomic E-state index is -0.700. The number of ether oxygens (including phenoxy) is 2. The highest BCUT2D eigenvalue weighted by Gasteiger charge is 2.25. The molecule has 1 amide bonds. The van der Waals surface area contributed by atoms with Crippen molar-refractivity contribution >= 4 is 33.8 Å². The molecule has 28 heavy (non-hydrogen) atoms. The highest BCUT2D eigenvalue weighted by molar-refractivity contribution is 9.10. The zero-order chi connectivity index (χ0) is 20.8. The maximum absolute atomic E-state index is 12.4. The fraction of sp³-hybridized carbons (Fsp3) is 0.350. The molecule has 0 aliphatic heterocycles. The van der Waals surface area contributed by atoms with Crippen molar-refractivity contribution in [2.75, 3.05) is 13.7 Å². The van der Waals surface area contributed by atoms with E-state index in [1.54, 1.807) is 6.92 Å². The van der Waals surface area contributed by atoms with Crippen LogP contribution in [0.15, 0.2) is 28.7 Å². The van der Waals surface area contributed by atoms with E-state index in [9.17, 15) is 14.4 Å². The van der Waals surface area contributed by atoms with Gasteiger partial charge in [-0.25, -0.2) is 9.59 Å².